The molecule has 2 aromatic rings. The number of hydrazone groups is 1. The molecule has 0 aliphatic carbocycles. The molecule has 3 rings (SSSR count). The van der Waals surface area contributed by atoms with Crippen LogP contribution in [0.15, 0.2) is 33.9 Å². The zero-order chi connectivity index (χ0) is 24.5. The quantitative estimate of drug-likeness (QED) is 0.112. The fraction of sp³-hybridized carbons (Fsp3) is 0.316. The largest absolute Gasteiger partial charge is 0.504 e. The van der Waals surface area contributed by atoms with Crippen molar-refractivity contribution in [3.05, 3.63) is 30.0 Å². The molecule has 13 nitrogen and oxygen atoms in total. The van der Waals surface area contributed by atoms with Gasteiger partial charge in [-0.2, -0.15) is 5.10 Å². The Labute approximate surface area is 188 Å². The first kappa shape index (κ1) is 23.7. The van der Waals surface area contributed by atoms with Crippen LogP contribution in [0.25, 0.3) is 11.3 Å². The number of amides is 2. The highest BCUT2D eigenvalue weighted by atomic mass is 32.2. The highest BCUT2D eigenvalue weighted by molar-refractivity contribution is 7.75. The number of phenols is 2. The molecule has 1 aliphatic heterocycles. The standard InChI is InChI=1S/C19H20N4O9S/c1-9-5-15(26)23(9)16(18(28)29)19(2,33(30)31)8-20-21-17(27)14-7-11(22-32-14)10-3-4-12(24)13(25)6-10/h3-4,6-9,16,24-25,33H,5H2,1-2H3,(H,21,27)(H,28,29)/b20-8+/t9-,16+,19+/m1/s1. The van der Waals surface area contributed by atoms with E-state index < -0.39 is 51.1 Å². The van der Waals surface area contributed by atoms with Gasteiger partial charge in [0.05, 0.1) is 0 Å². The molecular weight excluding hydrogens is 460 g/mol. The van der Waals surface area contributed by atoms with Gasteiger partial charge in [-0.3, -0.25) is 9.59 Å². The molecule has 0 unspecified atom stereocenters. The number of hydrogen-bond donors (Lipinski definition) is 5. The van der Waals surface area contributed by atoms with Gasteiger partial charge in [-0.05, 0) is 32.0 Å². The number of carboxylic acid groups (broad SMARTS) is 1. The number of likely N-dealkylation sites (tertiary alicyclic amines) is 1. The van der Waals surface area contributed by atoms with Gasteiger partial charge >= 0.3 is 11.9 Å². The number of phenolic OH excluding ortho intramolecular Hbond substituents is 2. The Bertz CT molecular complexity index is 1210. The van der Waals surface area contributed by atoms with Gasteiger partial charge in [-0.1, -0.05) is 5.16 Å². The fourth-order valence-electron chi connectivity index (χ4n) is 3.33. The van der Waals surface area contributed by atoms with Gasteiger partial charge in [0, 0.05) is 30.3 Å². The van der Waals surface area contributed by atoms with Crippen molar-refractivity contribution in [1.29, 1.82) is 0 Å². The van der Waals surface area contributed by atoms with Crippen molar-refractivity contribution in [3.63, 3.8) is 0 Å². The van der Waals surface area contributed by atoms with Crippen LogP contribution in [0.4, 0.5) is 0 Å². The van der Waals surface area contributed by atoms with E-state index in [-0.39, 0.29) is 23.6 Å². The number of nitrogens with zero attached hydrogens (tertiary/aromatic N) is 3. The topological polar surface area (TPSA) is 200 Å². The van der Waals surface area contributed by atoms with Gasteiger partial charge in [0.15, 0.2) is 28.2 Å². The van der Waals surface area contributed by atoms with Gasteiger partial charge in [0.2, 0.25) is 11.7 Å². The van der Waals surface area contributed by atoms with Crippen LogP contribution in [0.1, 0.15) is 30.8 Å². The van der Waals surface area contributed by atoms with Crippen molar-refractivity contribution >= 4 is 34.7 Å². The van der Waals surface area contributed by atoms with Crippen molar-refractivity contribution in [2.24, 2.45) is 5.10 Å². The number of aromatic nitrogens is 1. The summed E-state index contributed by atoms with van der Waals surface area (Å²) >= 11 is 0. The first-order valence-electron chi connectivity index (χ1n) is 9.47. The Kier molecular flexibility index (Phi) is 6.39. The van der Waals surface area contributed by atoms with Crippen LogP contribution in [-0.2, 0) is 20.3 Å². The Morgan fingerprint density at radius 2 is 2.03 bits per heavy atom. The molecule has 14 heteroatoms. The summed E-state index contributed by atoms with van der Waals surface area (Å²) in [6.45, 7) is 2.67. The summed E-state index contributed by atoms with van der Waals surface area (Å²) in [4.78, 5) is 36.9. The lowest BCUT2D eigenvalue weighted by atomic mass is 9.92. The van der Waals surface area contributed by atoms with E-state index >= 15 is 0 Å². The lowest BCUT2D eigenvalue weighted by Gasteiger charge is -2.45. The lowest BCUT2D eigenvalue weighted by Crippen LogP contribution is -2.66. The highest BCUT2D eigenvalue weighted by Crippen LogP contribution is 2.31. The Morgan fingerprint density at radius 3 is 2.58 bits per heavy atom. The van der Waals surface area contributed by atoms with Crippen LogP contribution in [0.3, 0.4) is 0 Å². The summed E-state index contributed by atoms with van der Waals surface area (Å²) in [6.07, 6.45) is 0.832. The first-order valence-corrected chi connectivity index (χ1v) is 10.7. The second-order valence-corrected chi connectivity index (χ2v) is 9.03. The minimum absolute atomic E-state index is 0.0933. The van der Waals surface area contributed by atoms with Crippen LogP contribution >= 0.6 is 0 Å². The van der Waals surface area contributed by atoms with Crippen LogP contribution in [0.5, 0.6) is 11.5 Å². The zero-order valence-corrected chi connectivity index (χ0v) is 18.2. The average Bonchev–Trinajstić information content (AvgIpc) is 3.23. The molecule has 176 valence electrons. The van der Waals surface area contributed by atoms with Gasteiger partial charge in [-0.15, -0.1) is 0 Å². The molecule has 1 aromatic heterocycles. The molecule has 3 atom stereocenters. The van der Waals surface area contributed by atoms with Crippen LogP contribution in [0.2, 0.25) is 0 Å². The van der Waals surface area contributed by atoms with E-state index in [1.54, 1.807) is 6.92 Å². The maximum absolute atomic E-state index is 12.3. The van der Waals surface area contributed by atoms with Gasteiger partial charge < -0.3 is 24.7 Å². The summed E-state index contributed by atoms with van der Waals surface area (Å²) in [5.74, 6) is -4.03. The SMILES string of the molecule is C[C@@H]1CC(=O)N1[C@@H](C(=O)O)[C@](C)(/C=N/NC(=O)c1cc(-c2ccc(O)c(O)c2)no1)[SH](=O)=O. The average molecular weight is 480 g/mol. The number of carbonyl (C=O) groups is 3. The van der Waals surface area contributed by atoms with Gasteiger partial charge in [0.1, 0.15) is 10.4 Å². The molecule has 0 radical (unpaired) electrons. The van der Waals surface area contributed by atoms with Crippen LogP contribution in [0, 0.1) is 0 Å². The van der Waals surface area contributed by atoms with Crippen molar-refractivity contribution < 1.29 is 42.6 Å². The van der Waals surface area contributed by atoms with E-state index in [0.717, 1.165) is 18.0 Å². The third-order valence-corrected chi connectivity index (χ3v) is 6.34. The van der Waals surface area contributed by atoms with E-state index in [1.807, 2.05) is 5.43 Å². The molecule has 0 saturated carbocycles. The Hall–Kier alpha value is -3.94. The van der Waals surface area contributed by atoms with Crippen molar-refractivity contribution in [2.45, 2.75) is 37.1 Å². The van der Waals surface area contributed by atoms with E-state index in [0.29, 0.717) is 5.56 Å². The molecule has 1 aromatic carbocycles. The van der Waals surface area contributed by atoms with Gasteiger partial charge in [-0.25, -0.2) is 18.6 Å². The second-order valence-electron chi connectivity index (χ2n) is 7.56. The number of thiol groups is 1. The van der Waals surface area contributed by atoms with Crippen molar-refractivity contribution in [2.75, 3.05) is 0 Å². The van der Waals surface area contributed by atoms with E-state index in [4.69, 9.17) is 4.52 Å². The molecule has 2 heterocycles. The smallest absolute Gasteiger partial charge is 0.328 e. The third-order valence-electron chi connectivity index (χ3n) is 5.19. The molecule has 1 fully saturated rings. The zero-order valence-electron chi connectivity index (χ0n) is 17.3. The Balaban J connectivity index is 1.78. The summed E-state index contributed by atoms with van der Waals surface area (Å²) in [6, 6.07) is 2.85. The molecule has 33 heavy (non-hydrogen) atoms. The predicted molar refractivity (Wildman–Crippen MR) is 112 cm³/mol. The number of hydrogen-bond acceptors (Lipinski definition) is 10. The molecule has 4 N–H and O–H groups in total. The monoisotopic (exact) mass is 480 g/mol. The highest BCUT2D eigenvalue weighted by Gasteiger charge is 2.52. The molecule has 2 amide bonds. The summed E-state index contributed by atoms with van der Waals surface area (Å²) in [5, 5.41) is 35.8. The van der Waals surface area contributed by atoms with Crippen molar-refractivity contribution in [1.82, 2.24) is 15.5 Å². The molecule has 0 bridgehead atoms. The van der Waals surface area contributed by atoms with Crippen LogP contribution in [-0.4, -0.2) is 74.6 Å². The van der Waals surface area contributed by atoms with E-state index in [2.05, 4.69) is 10.3 Å². The number of rotatable bonds is 8. The Morgan fingerprint density at radius 1 is 1.33 bits per heavy atom. The number of carbonyl (C=O) groups excluding carboxylic acids is 2. The summed E-state index contributed by atoms with van der Waals surface area (Å²) in [7, 11) is -3.43. The normalized spacial score (nSPS) is 18.7. The van der Waals surface area contributed by atoms with Gasteiger partial charge in [0.25, 0.3) is 0 Å². The number of aliphatic carboxylic acids is 1. The number of aromatic hydroxyl groups is 2. The molecular formula is C19H20N4O9S. The number of carboxylic acids is 1. The number of nitrogens with one attached hydrogen (secondary N) is 1. The molecule has 0 spiro atoms. The second kappa shape index (κ2) is 8.90. The summed E-state index contributed by atoms with van der Waals surface area (Å²) in [5.41, 5.74) is 2.52. The maximum atomic E-state index is 12.3. The third kappa shape index (κ3) is 4.50. The number of benzene rings is 1. The fourth-order valence-corrected chi connectivity index (χ4v) is 3.92. The predicted octanol–water partition coefficient (Wildman–Crippen LogP) is -0.0875. The summed E-state index contributed by atoms with van der Waals surface area (Å²) < 4.78 is 26.7. The lowest BCUT2D eigenvalue weighted by molar-refractivity contribution is -0.161. The van der Waals surface area contributed by atoms with Crippen LogP contribution < -0.4 is 5.43 Å². The minimum atomic E-state index is -3.43. The van der Waals surface area contributed by atoms with E-state index in [9.17, 15) is 38.1 Å². The van der Waals surface area contributed by atoms with Crippen molar-refractivity contribution in [3.8, 4) is 22.8 Å². The molecule has 1 aliphatic rings. The maximum Gasteiger partial charge on any atom is 0.328 e. The molecule has 1 saturated heterocycles. The first-order chi connectivity index (χ1) is 15.5. The number of β-lactam (4-membered cyclic amide) rings is 1. The minimum Gasteiger partial charge on any atom is -0.504 e. The van der Waals surface area contributed by atoms with E-state index in [1.165, 1.54) is 24.3 Å².